The number of unbranched alkanes of at least 4 members (excludes halogenated alkanes) is 2. The monoisotopic (exact) mass is 602 g/mol. The van der Waals surface area contributed by atoms with Crippen molar-refractivity contribution in [1.82, 2.24) is 0 Å². The van der Waals surface area contributed by atoms with E-state index in [9.17, 15) is 0 Å². The minimum Gasteiger partial charge on any atom is -0.491 e. The van der Waals surface area contributed by atoms with Crippen LogP contribution in [-0.2, 0) is 44.3 Å². The van der Waals surface area contributed by atoms with Gasteiger partial charge in [0.2, 0.25) is 0 Å². The molecule has 0 aromatic heterocycles. The Balaban J connectivity index is 1.73. The van der Waals surface area contributed by atoms with Crippen LogP contribution in [0.25, 0.3) is 0 Å². The van der Waals surface area contributed by atoms with Crippen molar-refractivity contribution in [1.29, 1.82) is 0 Å². The van der Waals surface area contributed by atoms with Gasteiger partial charge >= 0.3 is 0 Å². The number of hydrogen-bond donors (Lipinski definition) is 1. The summed E-state index contributed by atoms with van der Waals surface area (Å²) in [5.41, 5.74) is 1.37. The third-order valence-corrected chi connectivity index (χ3v) is 6.01. The van der Waals surface area contributed by atoms with Gasteiger partial charge in [0.25, 0.3) is 0 Å². The van der Waals surface area contributed by atoms with Gasteiger partial charge < -0.3 is 47.7 Å². The van der Waals surface area contributed by atoms with E-state index in [1.54, 1.807) is 0 Å². The third-order valence-electron chi connectivity index (χ3n) is 6.01. The SMILES string of the molecule is CC(C)CCCCCc1ccc(OCCOCCOCCOCCOCCOCCOCCOCCOCCO)cc1. The lowest BCUT2D eigenvalue weighted by molar-refractivity contribution is -0.0242. The molecule has 1 N–H and O–H groups in total. The summed E-state index contributed by atoms with van der Waals surface area (Å²) in [6.07, 6.45) is 6.34. The molecule has 0 spiro atoms. The molecule has 0 radical (unpaired) electrons. The molecule has 0 unspecified atom stereocenters. The van der Waals surface area contributed by atoms with E-state index in [0.29, 0.717) is 112 Å². The Morgan fingerprint density at radius 1 is 0.476 bits per heavy atom. The summed E-state index contributed by atoms with van der Waals surface area (Å²) in [7, 11) is 0. The van der Waals surface area contributed by atoms with Crippen LogP contribution < -0.4 is 4.74 Å². The molecule has 0 saturated carbocycles. The van der Waals surface area contributed by atoms with Crippen molar-refractivity contribution in [2.24, 2.45) is 5.92 Å². The molecule has 1 aromatic rings. The van der Waals surface area contributed by atoms with Crippen LogP contribution in [0.1, 0.15) is 45.1 Å². The average Bonchev–Trinajstić information content (AvgIpc) is 2.99. The molecule has 0 atom stereocenters. The van der Waals surface area contributed by atoms with Crippen LogP contribution in [0.5, 0.6) is 5.75 Å². The van der Waals surface area contributed by atoms with Crippen molar-refractivity contribution in [3.05, 3.63) is 29.8 Å². The fraction of sp³-hybridized carbons (Fsp3) is 0.812. The van der Waals surface area contributed by atoms with Crippen LogP contribution in [0.3, 0.4) is 0 Å². The zero-order valence-corrected chi connectivity index (χ0v) is 26.3. The van der Waals surface area contributed by atoms with Gasteiger partial charge in [-0.3, -0.25) is 0 Å². The Labute approximate surface area is 254 Å². The predicted octanol–water partition coefficient (Wildman–Crippen LogP) is 3.95. The number of ether oxygens (including phenoxy) is 9. The standard InChI is InChI=1S/C32H58O10/c1-30(2)6-4-3-5-7-31-8-10-32(11-9-31)42-29-28-41-27-26-40-25-24-39-23-22-38-21-20-37-19-18-36-17-16-35-15-14-34-13-12-33/h8-11,30,33H,3-7,12-29H2,1-2H3. The van der Waals surface area contributed by atoms with Gasteiger partial charge in [0.15, 0.2) is 0 Å². The molecule has 10 heteroatoms. The molecule has 0 fully saturated rings. The van der Waals surface area contributed by atoms with Crippen LogP contribution in [-0.4, -0.2) is 124 Å². The predicted molar refractivity (Wildman–Crippen MR) is 163 cm³/mol. The molecule has 0 aliphatic rings. The second kappa shape index (κ2) is 31.1. The third kappa shape index (κ3) is 27.5. The number of aliphatic hydroxyl groups excluding tert-OH is 1. The highest BCUT2D eigenvalue weighted by Crippen LogP contribution is 2.15. The lowest BCUT2D eigenvalue weighted by Crippen LogP contribution is -2.15. The van der Waals surface area contributed by atoms with Crippen molar-refractivity contribution in [3.63, 3.8) is 0 Å². The lowest BCUT2D eigenvalue weighted by atomic mass is 10.0. The first-order valence-corrected chi connectivity index (χ1v) is 15.7. The Hall–Kier alpha value is -1.34. The molecular weight excluding hydrogens is 544 g/mol. The van der Waals surface area contributed by atoms with E-state index < -0.39 is 0 Å². The zero-order valence-electron chi connectivity index (χ0n) is 26.3. The van der Waals surface area contributed by atoms with Crippen LogP contribution in [0.15, 0.2) is 24.3 Å². The summed E-state index contributed by atoms with van der Waals surface area (Å²) in [6, 6.07) is 8.42. The van der Waals surface area contributed by atoms with E-state index in [1.165, 1.54) is 31.2 Å². The Bertz CT molecular complexity index is 659. The molecule has 246 valence electrons. The van der Waals surface area contributed by atoms with Gasteiger partial charge in [0, 0.05) is 0 Å². The van der Waals surface area contributed by atoms with Gasteiger partial charge in [-0.2, -0.15) is 0 Å². The summed E-state index contributed by atoms with van der Waals surface area (Å²) in [5, 5.41) is 8.58. The fourth-order valence-corrected chi connectivity index (χ4v) is 3.74. The molecule has 0 bridgehead atoms. The van der Waals surface area contributed by atoms with E-state index in [4.69, 9.17) is 47.7 Å². The molecular formula is C32H58O10. The minimum absolute atomic E-state index is 0.0296. The molecule has 0 aliphatic heterocycles. The van der Waals surface area contributed by atoms with E-state index in [1.807, 2.05) is 12.1 Å². The molecule has 10 nitrogen and oxygen atoms in total. The number of hydrogen-bond acceptors (Lipinski definition) is 10. The maximum atomic E-state index is 8.58. The highest BCUT2D eigenvalue weighted by atomic mass is 16.6. The van der Waals surface area contributed by atoms with E-state index in [0.717, 1.165) is 18.1 Å². The van der Waals surface area contributed by atoms with Gasteiger partial charge in [0.1, 0.15) is 12.4 Å². The van der Waals surface area contributed by atoms with Crippen LogP contribution in [0, 0.1) is 5.92 Å². The summed E-state index contributed by atoms with van der Waals surface area (Å²) in [4.78, 5) is 0. The average molecular weight is 603 g/mol. The van der Waals surface area contributed by atoms with Crippen molar-refractivity contribution >= 4 is 0 Å². The Morgan fingerprint density at radius 3 is 1.24 bits per heavy atom. The van der Waals surface area contributed by atoms with Crippen molar-refractivity contribution < 1.29 is 47.7 Å². The topological polar surface area (TPSA) is 103 Å². The van der Waals surface area contributed by atoms with Gasteiger partial charge in [-0.15, -0.1) is 0 Å². The summed E-state index contributed by atoms with van der Waals surface area (Å²) in [6.45, 7) is 13.2. The van der Waals surface area contributed by atoms with Gasteiger partial charge in [-0.05, 0) is 36.5 Å². The van der Waals surface area contributed by atoms with Gasteiger partial charge in [0.05, 0.1) is 112 Å². The van der Waals surface area contributed by atoms with E-state index >= 15 is 0 Å². The van der Waals surface area contributed by atoms with Crippen molar-refractivity contribution in [2.75, 3.05) is 119 Å². The number of aliphatic hydroxyl groups is 1. The number of rotatable bonds is 33. The van der Waals surface area contributed by atoms with E-state index in [-0.39, 0.29) is 6.61 Å². The summed E-state index contributed by atoms with van der Waals surface area (Å²) in [5.74, 6) is 1.69. The largest absolute Gasteiger partial charge is 0.491 e. The van der Waals surface area contributed by atoms with Gasteiger partial charge in [-0.1, -0.05) is 45.2 Å². The highest BCUT2D eigenvalue weighted by molar-refractivity contribution is 5.27. The molecule has 42 heavy (non-hydrogen) atoms. The highest BCUT2D eigenvalue weighted by Gasteiger charge is 1.99. The smallest absolute Gasteiger partial charge is 0.119 e. The molecule has 0 saturated heterocycles. The summed E-state index contributed by atoms with van der Waals surface area (Å²) < 4.78 is 49.1. The molecule has 0 aliphatic carbocycles. The molecule has 1 rings (SSSR count). The van der Waals surface area contributed by atoms with E-state index in [2.05, 4.69) is 26.0 Å². The summed E-state index contributed by atoms with van der Waals surface area (Å²) >= 11 is 0. The quantitative estimate of drug-likeness (QED) is 0.119. The number of aryl methyl sites for hydroxylation is 1. The first-order chi connectivity index (χ1) is 20.7. The van der Waals surface area contributed by atoms with Crippen molar-refractivity contribution in [2.45, 2.75) is 46.0 Å². The lowest BCUT2D eigenvalue weighted by Gasteiger charge is -2.09. The first-order valence-electron chi connectivity index (χ1n) is 15.7. The maximum Gasteiger partial charge on any atom is 0.119 e. The minimum atomic E-state index is 0.0296. The second-order valence-corrected chi connectivity index (χ2v) is 10.1. The van der Waals surface area contributed by atoms with Crippen molar-refractivity contribution in [3.8, 4) is 5.75 Å². The molecule has 0 heterocycles. The second-order valence-electron chi connectivity index (χ2n) is 10.1. The van der Waals surface area contributed by atoms with Crippen LogP contribution in [0.4, 0.5) is 0 Å². The zero-order chi connectivity index (χ0) is 30.2. The molecule has 1 aromatic carbocycles. The number of benzene rings is 1. The maximum absolute atomic E-state index is 8.58. The van der Waals surface area contributed by atoms with Gasteiger partial charge in [-0.25, -0.2) is 0 Å². The first kappa shape index (κ1) is 38.7. The van der Waals surface area contributed by atoms with Crippen LogP contribution >= 0.6 is 0 Å². The Morgan fingerprint density at radius 2 is 0.857 bits per heavy atom. The fourth-order valence-electron chi connectivity index (χ4n) is 3.74. The van der Waals surface area contributed by atoms with Crippen LogP contribution in [0.2, 0.25) is 0 Å². The Kier molecular flexibility index (Phi) is 28.6. The molecule has 0 amide bonds. The normalized spacial score (nSPS) is 11.5.